The van der Waals surface area contributed by atoms with E-state index in [-0.39, 0.29) is 0 Å². The van der Waals surface area contributed by atoms with Crippen LogP contribution < -0.4 is 5.32 Å². The lowest BCUT2D eigenvalue weighted by atomic mass is 10.2. The van der Waals surface area contributed by atoms with E-state index in [0.717, 1.165) is 11.8 Å². The second-order valence-electron chi connectivity index (χ2n) is 3.44. The van der Waals surface area contributed by atoms with Gasteiger partial charge in [-0.2, -0.15) is 5.10 Å². The zero-order valence-corrected chi connectivity index (χ0v) is 8.68. The van der Waals surface area contributed by atoms with Crippen molar-refractivity contribution in [2.24, 2.45) is 7.05 Å². The van der Waals surface area contributed by atoms with Crippen molar-refractivity contribution in [1.82, 2.24) is 15.1 Å². The van der Waals surface area contributed by atoms with Crippen LogP contribution in [0.3, 0.4) is 0 Å². The van der Waals surface area contributed by atoms with Gasteiger partial charge in [0.15, 0.2) is 0 Å². The summed E-state index contributed by atoms with van der Waals surface area (Å²) >= 11 is 1.94. The molecule has 1 aliphatic heterocycles. The zero-order chi connectivity index (χ0) is 9.10. The Balaban J connectivity index is 1.89. The second-order valence-corrected chi connectivity index (χ2v) is 4.81. The van der Waals surface area contributed by atoms with Crippen molar-refractivity contribution in [2.75, 3.05) is 13.1 Å². The molecule has 0 bridgehead atoms. The fraction of sp³-hybridized carbons (Fsp3) is 0.667. The van der Waals surface area contributed by atoms with Crippen molar-refractivity contribution in [1.29, 1.82) is 0 Å². The first kappa shape index (κ1) is 9.09. The van der Waals surface area contributed by atoms with Crippen molar-refractivity contribution in [3.8, 4) is 0 Å². The largest absolute Gasteiger partial charge is 0.316 e. The minimum absolute atomic E-state index is 0.734. The highest BCUT2D eigenvalue weighted by Gasteiger charge is 2.14. The Hall–Kier alpha value is -0.480. The molecule has 1 N–H and O–H groups in total. The van der Waals surface area contributed by atoms with Crippen molar-refractivity contribution < 1.29 is 0 Å². The maximum absolute atomic E-state index is 4.16. The summed E-state index contributed by atoms with van der Waals surface area (Å²) in [6.07, 6.45) is 6.66. The summed E-state index contributed by atoms with van der Waals surface area (Å²) in [5.41, 5.74) is 0. The Morgan fingerprint density at radius 2 is 2.62 bits per heavy atom. The van der Waals surface area contributed by atoms with Gasteiger partial charge in [-0.25, -0.2) is 0 Å². The number of hydrogen-bond donors (Lipinski definition) is 1. The molecule has 13 heavy (non-hydrogen) atoms. The summed E-state index contributed by atoms with van der Waals surface area (Å²) in [5, 5.41) is 8.31. The van der Waals surface area contributed by atoms with E-state index in [0.29, 0.717) is 0 Å². The molecule has 2 heterocycles. The molecule has 1 atom stereocenters. The van der Waals surface area contributed by atoms with Gasteiger partial charge in [-0.15, -0.1) is 11.8 Å². The van der Waals surface area contributed by atoms with Crippen molar-refractivity contribution in [3.05, 3.63) is 12.4 Å². The molecule has 1 saturated heterocycles. The van der Waals surface area contributed by atoms with Crippen LogP contribution in [0, 0.1) is 0 Å². The molecule has 1 aliphatic rings. The number of aromatic nitrogens is 2. The number of rotatable bonds is 2. The molecule has 1 fully saturated rings. The van der Waals surface area contributed by atoms with Crippen LogP contribution in [0.15, 0.2) is 17.3 Å². The molecule has 3 nitrogen and oxygen atoms in total. The van der Waals surface area contributed by atoms with E-state index in [9.17, 15) is 0 Å². The average molecular weight is 197 g/mol. The third kappa shape index (κ3) is 2.48. The molecule has 0 saturated carbocycles. The number of hydrogen-bond acceptors (Lipinski definition) is 3. The SMILES string of the molecule is Cn1cc(SC2CCCNC2)cn1. The molecule has 4 heteroatoms. The van der Waals surface area contributed by atoms with Crippen LogP contribution in [0.1, 0.15) is 12.8 Å². The highest BCUT2D eigenvalue weighted by atomic mass is 32.2. The number of nitrogens with zero attached hydrogens (tertiary/aromatic N) is 2. The van der Waals surface area contributed by atoms with Crippen LogP contribution in [0.2, 0.25) is 0 Å². The fourth-order valence-electron chi connectivity index (χ4n) is 1.57. The van der Waals surface area contributed by atoms with Gasteiger partial charge >= 0.3 is 0 Å². The number of thioether (sulfide) groups is 1. The minimum Gasteiger partial charge on any atom is -0.316 e. The summed E-state index contributed by atoms with van der Waals surface area (Å²) in [4.78, 5) is 1.29. The van der Waals surface area contributed by atoms with E-state index >= 15 is 0 Å². The van der Waals surface area contributed by atoms with Gasteiger partial charge < -0.3 is 5.32 Å². The zero-order valence-electron chi connectivity index (χ0n) is 7.86. The topological polar surface area (TPSA) is 29.9 Å². The molecular formula is C9H15N3S. The predicted molar refractivity (Wildman–Crippen MR) is 55.0 cm³/mol. The van der Waals surface area contributed by atoms with Crippen molar-refractivity contribution >= 4 is 11.8 Å². The molecule has 2 rings (SSSR count). The molecule has 1 aromatic rings. The summed E-state index contributed by atoms with van der Waals surface area (Å²) < 4.78 is 1.86. The van der Waals surface area contributed by atoms with Crippen LogP contribution >= 0.6 is 11.8 Å². The first-order valence-corrected chi connectivity index (χ1v) is 5.58. The van der Waals surface area contributed by atoms with Gasteiger partial charge in [0.2, 0.25) is 0 Å². The third-order valence-electron chi connectivity index (χ3n) is 2.24. The molecule has 1 aromatic heterocycles. The van der Waals surface area contributed by atoms with Crippen LogP contribution in [-0.4, -0.2) is 28.1 Å². The lowest BCUT2D eigenvalue weighted by Crippen LogP contribution is -2.31. The van der Waals surface area contributed by atoms with Gasteiger partial charge in [-0.1, -0.05) is 0 Å². The van der Waals surface area contributed by atoms with Gasteiger partial charge in [0, 0.05) is 29.9 Å². The highest BCUT2D eigenvalue weighted by Crippen LogP contribution is 2.26. The van der Waals surface area contributed by atoms with E-state index in [1.807, 2.05) is 29.7 Å². The Kier molecular flexibility index (Phi) is 2.90. The summed E-state index contributed by atoms with van der Waals surface area (Å²) in [7, 11) is 1.96. The van der Waals surface area contributed by atoms with Gasteiger partial charge in [-0.05, 0) is 19.4 Å². The van der Waals surface area contributed by atoms with Gasteiger partial charge in [0.25, 0.3) is 0 Å². The first-order chi connectivity index (χ1) is 6.34. The molecular weight excluding hydrogens is 182 g/mol. The lowest BCUT2D eigenvalue weighted by Gasteiger charge is -2.21. The van der Waals surface area contributed by atoms with E-state index in [2.05, 4.69) is 16.6 Å². The Bertz CT molecular complexity index is 266. The number of aryl methyl sites for hydroxylation is 1. The Labute approximate surface area is 82.9 Å². The van der Waals surface area contributed by atoms with Crippen LogP contribution in [0.25, 0.3) is 0 Å². The first-order valence-electron chi connectivity index (χ1n) is 4.70. The van der Waals surface area contributed by atoms with Crippen LogP contribution in [0.5, 0.6) is 0 Å². The number of piperidine rings is 1. The van der Waals surface area contributed by atoms with Gasteiger partial charge in [0.1, 0.15) is 0 Å². The smallest absolute Gasteiger partial charge is 0.0625 e. The quantitative estimate of drug-likeness (QED) is 0.774. The van der Waals surface area contributed by atoms with E-state index in [4.69, 9.17) is 0 Å². The minimum atomic E-state index is 0.734. The highest BCUT2D eigenvalue weighted by molar-refractivity contribution is 8.00. The summed E-state index contributed by atoms with van der Waals surface area (Å²) in [6.45, 7) is 2.32. The summed E-state index contributed by atoms with van der Waals surface area (Å²) in [5.74, 6) is 0. The molecule has 72 valence electrons. The summed E-state index contributed by atoms with van der Waals surface area (Å²) in [6, 6.07) is 0. The maximum atomic E-state index is 4.16. The average Bonchev–Trinajstić information content (AvgIpc) is 2.53. The van der Waals surface area contributed by atoms with Crippen LogP contribution in [0.4, 0.5) is 0 Å². The van der Waals surface area contributed by atoms with E-state index in [1.165, 1.54) is 24.3 Å². The Morgan fingerprint density at radius 3 is 3.23 bits per heavy atom. The van der Waals surface area contributed by atoms with E-state index in [1.54, 1.807) is 0 Å². The molecule has 0 radical (unpaired) electrons. The monoisotopic (exact) mass is 197 g/mol. The Morgan fingerprint density at radius 1 is 1.69 bits per heavy atom. The molecule has 0 aromatic carbocycles. The van der Waals surface area contributed by atoms with Gasteiger partial charge in [-0.3, -0.25) is 4.68 Å². The van der Waals surface area contributed by atoms with E-state index < -0.39 is 0 Å². The van der Waals surface area contributed by atoms with Crippen LogP contribution in [-0.2, 0) is 7.05 Å². The molecule has 1 unspecified atom stereocenters. The fourth-order valence-corrected chi connectivity index (χ4v) is 2.76. The van der Waals surface area contributed by atoms with Gasteiger partial charge in [0.05, 0.1) is 6.20 Å². The molecule has 0 amide bonds. The standard InChI is InChI=1S/C9H15N3S/c1-12-7-9(6-11-12)13-8-3-2-4-10-5-8/h6-8,10H,2-5H2,1H3. The van der Waals surface area contributed by atoms with Crippen molar-refractivity contribution in [3.63, 3.8) is 0 Å². The molecule has 0 spiro atoms. The predicted octanol–water partition coefficient (Wildman–Crippen LogP) is 1.26. The third-order valence-corrected chi connectivity index (χ3v) is 3.45. The van der Waals surface area contributed by atoms with Crippen molar-refractivity contribution in [2.45, 2.75) is 23.0 Å². The normalized spacial score (nSPS) is 23.3. The maximum Gasteiger partial charge on any atom is 0.0625 e. The number of nitrogens with one attached hydrogen (secondary N) is 1. The lowest BCUT2D eigenvalue weighted by molar-refractivity contribution is 0.531. The molecule has 0 aliphatic carbocycles. The second kappa shape index (κ2) is 4.15.